The van der Waals surface area contributed by atoms with Crippen LogP contribution >= 0.6 is 0 Å². The van der Waals surface area contributed by atoms with Gasteiger partial charge in [-0.05, 0) is 42.2 Å². The first-order chi connectivity index (χ1) is 15.9. The van der Waals surface area contributed by atoms with Crippen molar-refractivity contribution in [1.29, 1.82) is 0 Å². The molecule has 4 rings (SSSR count). The molecular formula is C27H32FN3O2. The van der Waals surface area contributed by atoms with E-state index in [-0.39, 0.29) is 29.0 Å². The van der Waals surface area contributed by atoms with E-state index in [2.05, 4.69) is 15.6 Å². The molecule has 3 aromatic rings. The zero-order chi connectivity index (χ0) is 23.4. The van der Waals surface area contributed by atoms with Crippen LogP contribution in [0.2, 0.25) is 0 Å². The Morgan fingerprint density at radius 1 is 1.03 bits per heavy atom. The molecule has 2 aromatic carbocycles. The molecule has 1 saturated carbocycles. The maximum atomic E-state index is 13.5. The molecular weight excluding hydrogens is 417 g/mol. The number of hydrogen-bond acceptors (Lipinski definition) is 2. The topological polar surface area (TPSA) is 74.0 Å². The standard InChI is InChI=1S/C27H32FN3O2/c1-18(2)25(32)31-24(15-19-16-29-23-8-4-3-7-22(19)23)26(33)30-17-27(13-5-6-14-27)20-9-11-21(28)12-10-20/h3-4,7-12,16,18,24,29H,5-6,13-15,17H2,1-2H3,(H,30,33)(H,31,32). The fourth-order valence-corrected chi connectivity index (χ4v) is 4.87. The first-order valence-corrected chi connectivity index (χ1v) is 11.8. The number of amides is 2. The van der Waals surface area contributed by atoms with Crippen molar-refractivity contribution >= 4 is 22.7 Å². The van der Waals surface area contributed by atoms with E-state index in [0.717, 1.165) is 47.7 Å². The number of aromatic amines is 1. The van der Waals surface area contributed by atoms with Gasteiger partial charge in [0.15, 0.2) is 0 Å². The van der Waals surface area contributed by atoms with E-state index in [0.29, 0.717) is 13.0 Å². The quantitative estimate of drug-likeness (QED) is 0.470. The van der Waals surface area contributed by atoms with Crippen molar-refractivity contribution in [2.75, 3.05) is 6.54 Å². The van der Waals surface area contributed by atoms with E-state index in [9.17, 15) is 14.0 Å². The average molecular weight is 450 g/mol. The summed E-state index contributed by atoms with van der Waals surface area (Å²) in [4.78, 5) is 29.1. The number of rotatable bonds is 8. The van der Waals surface area contributed by atoms with Crippen molar-refractivity contribution in [3.05, 3.63) is 71.7 Å². The molecule has 1 aromatic heterocycles. The monoisotopic (exact) mass is 449 g/mol. The number of fused-ring (bicyclic) bond motifs is 1. The molecule has 1 aliphatic rings. The number of aromatic nitrogens is 1. The highest BCUT2D eigenvalue weighted by atomic mass is 19.1. The van der Waals surface area contributed by atoms with Gasteiger partial charge >= 0.3 is 0 Å². The molecule has 1 unspecified atom stereocenters. The molecule has 0 bridgehead atoms. The fourth-order valence-electron chi connectivity index (χ4n) is 4.87. The third kappa shape index (κ3) is 5.10. The SMILES string of the molecule is CC(C)C(=O)NC(Cc1c[nH]c2ccccc12)C(=O)NCC1(c2ccc(F)cc2)CCCC1. The van der Waals surface area contributed by atoms with Crippen LogP contribution in [0.4, 0.5) is 4.39 Å². The normalized spacial score (nSPS) is 16.1. The number of H-pyrrole nitrogens is 1. The van der Waals surface area contributed by atoms with Crippen LogP contribution in [-0.4, -0.2) is 29.4 Å². The Labute approximate surface area is 194 Å². The summed E-state index contributed by atoms with van der Waals surface area (Å²) in [6.45, 7) is 4.11. The maximum Gasteiger partial charge on any atom is 0.242 e. The van der Waals surface area contributed by atoms with Crippen molar-refractivity contribution < 1.29 is 14.0 Å². The van der Waals surface area contributed by atoms with Gasteiger partial charge in [-0.2, -0.15) is 0 Å². The Kier molecular flexibility index (Phi) is 6.82. The van der Waals surface area contributed by atoms with E-state index in [1.54, 1.807) is 0 Å². The van der Waals surface area contributed by atoms with Gasteiger partial charge in [0.2, 0.25) is 11.8 Å². The van der Waals surface area contributed by atoms with Crippen LogP contribution in [0.5, 0.6) is 0 Å². The number of carbonyl (C=O) groups excluding carboxylic acids is 2. The zero-order valence-corrected chi connectivity index (χ0v) is 19.3. The van der Waals surface area contributed by atoms with Crippen LogP contribution in [0.1, 0.15) is 50.7 Å². The number of hydrogen-bond donors (Lipinski definition) is 3. The predicted octanol–water partition coefficient (Wildman–Crippen LogP) is 4.62. The van der Waals surface area contributed by atoms with Gasteiger partial charge in [0, 0.05) is 41.4 Å². The Morgan fingerprint density at radius 2 is 1.73 bits per heavy atom. The summed E-state index contributed by atoms with van der Waals surface area (Å²) in [6, 6.07) is 13.9. The molecule has 3 N–H and O–H groups in total. The van der Waals surface area contributed by atoms with Crippen molar-refractivity contribution in [3.8, 4) is 0 Å². The second-order valence-corrected chi connectivity index (χ2v) is 9.49. The van der Waals surface area contributed by atoms with Gasteiger partial charge in [0.1, 0.15) is 11.9 Å². The van der Waals surface area contributed by atoms with Gasteiger partial charge in [-0.3, -0.25) is 9.59 Å². The van der Waals surface area contributed by atoms with Gasteiger partial charge in [-0.1, -0.05) is 57.0 Å². The predicted molar refractivity (Wildman–Crippen MR) is 128 cm³/mol. The van der Waals surface area contributed by atoms with Crippen molar-refractivity contribution in [2.45, 2.75) is 57.4 Å². The van der Waals surface area contributed by atoms with Gasteiger partial charge in [0.25, 0.3) is 0 Å². The number of carbonyl (C=O) groups is 2. The van der Waals surface area contributed by atoms with Crippen LogP contribution in [0.25, 0.3) is 10.9 Å². The second kappa shape index (κ2) is 9.77. The lowest BCUT2D eigenvalue weighted by Crippen LogP contribution is -2.51. The van der Waals surface area contributed by atoms with E-state index < -0.39 is 6.04 Å². The summed E-state index contributed by atoms with van der Waals surface area (Å²) in [5.41, 5.74) is 2.85. The minimum Gasteiger partial charge on any atom is -0.361 e. The van der Waals surface area contributed by atoms with E-state index >= 15 is 0 Å². The second-order valence-electron chi connectivity index (χ2n) is 9.49. The summed E-state index contributed by atoms with van der Waals surface area (Å²) >= 11 is 0. The van der Waals surface area contributed by atoms with Crippen LogP contribution in [0, 0.1) is 11.7 Å². The average Bonchev–Trinajstić information content (AvgIpc) is 3.45. The van der Waals surface area contributed by atoms with Gasteiger partial charge < -0.3 is 15.6 Å². The van der Waals surface area contributed by atoms with Crippen molar-refractivity contribution in [2.24, 2.45) is 5.92 Å². The summed E-state index contributed by atoms with van der Waals surface area (Å²) in [5, 5.41) is 7.11. The summed E-state index contributed by atoms with van der Waals surface area (Å²) in [7, 11) is 0. The van der Waals surface area contributed by atoms with Gasteiger partial charge in [0.05, 0.1) is 0 Å². The lowest BCUT2D eigenvalue weighted by atomic mass is 9.78. The number of benzene rings is 2. The lowest BCUT2D eigenvalue weighted by molar-refractivity contribution is -0.130. The first-order valence-electron chi connectivity index (χ1n) is 11.8. The molecule has 0 radical (unpaired) electrons. The third-order valence-electron chi connectivity index (χ3n) is 6.87. The maximum absolute atomic E-state index is 13.5. The van der Waals surface area contributed by atoms with Crippen molar-refractivity contribution in [1.82, 2.24) is 15.6 Å². The molecule has 174 valence electrons. The van der Waals surface area contributed by atoms with Crippen molar-refractivity contribution in [3.63, 3.8) is 0 Å². The summed E-state index contributed by atoms with van der Waals surface area (Å²) in [6.07, 6.45) is 6.36. The Hall–Kier alpha value is -3.15. The summed E-state index contributed by atoms with van der Waals surface area (Å²) < 4.78 is 13.5. The Balaban J connectivity index is 1.53. The minimum absolute atomic E-state index is 0.149. The fraction of sp³-hybridized carbons (Fsp3) is 0.407. The molecule has 1 fully saturated rings. The van der Waals surface area contributed by atoms with E-state index in [4.69, 9.17) is 0 Å². The van der Waals surface area contributed by atoms with Crippen LogP contribution < -0.4 is 10.6 Å². The Morgan fingerprint density at radius 3 is 2.42 bits per heavy atom. The molecule has 2 amide bonds. The molecule has 6 heteroatoms. The molecule has 1 heterocycles. The number of halogens is 1. The van der Waals surface area contributed by atoms with Crippen LogP contribution in [-0.2, 0) is 21.4 Å². The first kappa shape index (κ1) is 23.0. The molecule has 0 spiro atoms. The van der Waals surface area contributed by atoms with Crippen LogP contribution in [0.15, 0.2) is 54.7 Å². The van der Waals surface area contributed by atoms with Crippen LogP contribution in [0.3, 0.4) is 0 Å². The highest BCUT2D eigenvalue weighted by Crippen LogP contribution is 2.40. The third-order valence-corrected chi connectivity index (χ3v) is 6.87. The molecule has 0 aliphatic heterocycles. The van der Waals surface area contributed by atoms with E-state index in [1.807, 2.05) is 56.4 Å². The molecule has 1 atom stereocenters. The summed E-state index contributed by atoms with van der Waals surface area (Å²) in [5.74, 6) is -0.818. The zero-order valence-electron chi connectivity index (χ0n) is 19.3. The van der Waals surface area contributed by atoms with Gasteiger partial charge in [-0.15, -0.1) is 0 Å². The number of nitrogens with one attached hydrogen (secondary N) is 3. The molecule has 0 saturated heterocycles. The van der Waals surface area contributed by atoms with E-state index in [1.165, 1.54) is 12.1 Å². The largest absolute Gasteiger partial charge is 0.361 e. The Bertz CT molecular complexity index is 1110. The highest BCUT2D eigenvalue weighted by molar-refractivity contribution is 5.90. The molecule has 5 nitrogen and oxygen atoms in total. The molecule has 33 heavy (non-hydrogen) atoms. The lowest BCUT2D eigenvalue weighted by Gasteiger charge is -2.31. The van der Waals surface area contributed by atoms with Gasteiger partial charge in [-0.25, -0.2) is 4.39 Å². The smallest absolute Gasteiger partial charge is 0.242 e. The minimum atomic E-state index is -0.675. The molecule has 1 aliphatic carbocycles. The number of para-hydroxylation sites is 1. The highest BCUT2D eigenvalue weighted by Gasteiger charge is 2.36.